The van der Waals surface area contributed by atoms with E-state index < -0.39 is 5.60 Å². The molecular formula is C7H13NO2. The van der Waals surface area contributed by atoms with Gasteiger partial charge in [0.05, 0.1) is 6.54 Å². The number of carbonyl (C=O) groups is 1. The Bertz CT molecular complexity index is 139. The van der Waals surface area contributed by atoms with Crippen molar-refractivity contribution in [3.05, 3.63) is 0 Å². The first kappa shape index (κ1) is 7.69. The van der Waals surface area contributed by atoms with Crippen LogP contribution in [0.15, 0.2) is 0 Å². The van der Waals surface area contributed by atoms with E-state index in [-0.39, 0.29) is 12.3 Å². The van der Waals surface area contributed by atoms with Crippen LogP contribution in [-0.4, -0.2) is 24.5 Å². The van der Waals surface area contributed by atoms with Gasteiger partial charge in [-0.05, 0) is 19.8 Å². The van der Waals surface area contributed by atoms with Gasteiger partial charge >= 0.3 is 0 Å². The highest BCUT2D eigenvalue weighted by atomic mass is 16.5. The number of ketones is 1. The summed E-state index contributed by atoms with van der Waals surface area (Å²) in [6.45, 7) is 2.61. The minimum atomic E-state index is -0.561. The Labute approximate surface area is 60.5 Å². The minimum Gasteiger partial charge on any atom is -0.367 e. The van der Waals surface area contributed by atoms with Gasteiger partial charge < -0.3 is 10.5 Å². The second kappa shape index (κ2) is 2.68. The van der Waals surface area contributed by atoms with Crippen molar-refractivity contribution in [2.24, 2.45) is 5.73 Å². The molecule has 0 aromatic carbocycles. The summed E-state index contributed by atoms with van der Waals surface area (Å²) in [6.07, 6.45) is 1.80. The van der Waals surface area contributed by atoms with E-state index in [1.165, 1.54) is 0 Å². The lowest BCUT2D eigenvalue weighted by Gasteiger charge is -2.19. The maximum Gasteiger partial charge on any atom is 0.177 e. The fourth-order valence-electron chi connectivity index (χ4n) is 1.21. The van der Waals surface area contributed by atoms with Crippen LogP contribution in [0.3, 0.4) is 0 Å². The number of ether oxygens (including phenoxy) is 1. The van der Waals surface area contributed by atoms with Crippen LogP contribution in [0, 0.1) is 0 Å². The topological polar surface area (TPSA) is 52.3 Å². The smallest absolute Gasteiger partial charge is 0.177 e. The van der Waals surface area contributed by atoms with Crippen molar-refractivity contribution in [3.63, 3.8) is 0 Å². The predicted molar refractivity (Wildman–Crippen MR) is 37.7 cm³/mol. The van der Waals surface area contributed by atoms with Gasteiger partial charge in [0.15, 0.2) is 5.78 Å². The van der Waals surface area contributed by atoms with Crippen molar-refractivity contribution in [1.82, 2.24) is 0 Å². The van der Waals surface area contributed by atoms with E-state index in [1.54, 1.807) is 0 Å². The molecule has 1 fully saturated rings. The molecule has 1 aliphatic rings. The molecule has 1 atom stereocenters. The highest BCUT2D eigenvalue weighted by Crippen LogP contribution is 2.25. The molecule has 0 aromatic rings. The summed E-state index contributed by atoms with van der Waals surface area (Å²) in [4.78, 5) is 11.1. The third kappa shape index (κ3) is 1.20. The Kier molecular flexibility index (Phi) is 2.06. The van der Waals surface area contributed by atoms with Gasteiger partial charge in [0.2, 0.25) is 0 Å². The first-order valence-electron chi connectivity index (χ1n) is 3.56. The zero-order chi connectivity index (χ0) is 7.61. The van der Waals surface area contributed by atoms with Crippen molar-refractivity contribution in [2.45, 2.75) is 25.4 Å². The van der Waals surface area contributed by atoms with Gasteiger partial charge in [0.25, 0.3) is 0 Å². The summed E-state index contributed by atoms with van der Waals surface area (Å²) < 4.78 is 5.26. The van der Waals surface area contributed by atoms with Crippen molar-refractivity contribution in [3.8, 4) is 0 Å². The van der Waals surface area contributed by atoms with Gasteiger partial charge in [-0.15, -0.1) is 0 Å². The molecular weight excluding hydrogens is 130 g/mol. The minimum absolute atomic E-state index is 0.0185. The van der Waals surface area contributed by atoms with Gasteiger partial charge in [-0.1, -0.05) is 0 Å². The van der Waals surface area contributed by atoms with Crippen molar-refractivity contribution in [2.75, 3.05) is 13.2 Å². The van der Waals surface area contributed by atoms with E-state index in [9.17, 15) is 4.79 Å². The number of nitrogens with two attached hydrogens (primary N) is 1. The molecule has 1 rings (SSSR count). The highest BCUT2D eigenvalue weighted by Gasteiger charge is 2.36. The van der Waals surface area contributed by atoms with E-state index in [4.69, 9.17) is 10.5 Å². The number of hydrogen-bond acceptors (Lipinski definition) is 3. The standard InChI is InChI=1S/C7H13NO2/c1-7(6(9)5-8)3-2-4-10-7/h2-5,8H2,1H3. The summed E-state index contributed by atoms with van der Waals surface area (Å²) in [7, 11) is 0. The zero-order valence-corrected chi connectivity index (χ0v) is 6.22. The Morgan fingerprint density at radius 2 is 2.50 bits per heavy atom. The molecule has 58 valence electrons. The monoisotopic (exact) mass is 143 g/mol. The van der Waals surface area contributed by atoms with E-state index >= 15 is 0 Å². The number of Topliss-reactive ketones (excluding diaryl/α,β-unsaturated/α-hetero) is 1. The van der Waals surface area contributed by atoms with Crippen LogP contribution in [0.4, 0.5) is 0 Å². The third-order valence-corrected chi connectivity index (χ3v) is 1.99. The zero-order valence-electron chi connectivity index (χ0n) is 6.22. The first-order valence-corrected chi connectivity index (χ1v) is 3.56. The summed E-state index contributed by atoms with van der Waals surface area (Å²) in [5.74, 6) is 0.0185. The lowest BCUT2D eigenvalue weighted by molar-refractivity contribution is -0.135. The third-order valence-electron chi connectivity index (χ3n) is 1.99. The average Bonchev–Trinajstić information content (AvgIpc) is 2.36. The summed E-state index contributed by atoms with van der Waals surface area (Å²) in [6, 6.07) is 0. The molecule has 1 aliphatic heterocycles. The molecule has 0 saturated carbocycles. The fourth-order valence-corrected chi connectivity index (χ4v) is 1.21. The van der Waals surface area contributed by atoms with E-state index in [0.717, 1.165) is 12.8 Å². The second-order valence-electron chi connectivity index (χ2n) is 2.81. The van der Waals surface area contributed by atoms with Crippen LogP contribution in [0.25, 0.3) is 0 Å². The molecule has 1 heterocycles. The molecule has 1 unspecified atom stereocenters. The summed E-state index contributed by atoms with van der Waals surface area (Å²) >= 11 is 0. The molecule has 0 radical (unpaired) electrons. The number of rotatable bonds is 2. The molecule has 3 heteroatoms. The predicted octanol–water partition coefficient (Wildman–Crippen LogP) is 0.0833. The van der Waals surface area contributed by atoms with Gasteiger partial charge in [-0.2, -0.15) is 0 Å². The lowest BCUT2D eigenvalue weighted by atomic mass is 9.97. The summed E-state index contributed by atoms with van der Waals surface area (Å²) in [5, 5.41) is 0. The van der Waals surface area contributed by atoms with Crippen LogP contribution in [0.5, 0.6) is 0 Å². The Balaban J connectivity index is 2.58. The fraction of sp³-hybridized carbons (Fsp3) is 0.857. The van der Waals surface area contributed by atoms with Crippen LogP contribution in [0.1, 0.15) is 19.8 Å². The number of hydrogen-bond donors (Lipinski definition) is 1. The van der Waals surface area contributed by atoms with Gasteiger partial charge in [-0.25, -0.2) is 0 Å². The molecule has 0 amide bonds. The molecule has 0 aliphatic carbocycles. The van der Waals surface area contributed by atoms with E-state index in [0.29, 0.717) is 6.61 Å². The Morgan fingerprint density at radius 3 is 2.90 bits per heavy atom. The Morgan fingerprint density at radius 1 is 1.80 bits per heavy atom. The van der Waals surface area contributed by atoms with Crippen molar-refractivity contribution in [1.29, 1.82) is 0 Å². The second-order valence-corrected chi connectivity index (χ2v) is 2.81. The average molecular weight is 143 g/mol. The maximum absolute atomic E-state index is 11.1. The first-order chi connectivity index (χ1) is 4.69. The molecule has 3 nitrogen and oxygen atoms in total. The van der Waals surface area contributed by atoms with E-state index in [1.807, 2.05) is 6.92 Å². The van der Waals surface area contributed by atoms with Crippen LogP contribution in [-0.2, 0) is 9.53 Å². The Hall–Kier alpha value is -0.410. The largest absolute Gasteiger partial charge is 0.367 e. The lowest BCUT2D eigenvalue weighted by Crippen LogP contribution is -2.38. The summed E-state index contributed by atoms with van der Waals surface area (Å²) in [5.41, 5.74) is 4.65. The van der Waals surface area contributed by atoms with Crippen LogP contribution >= 0.6 is 0 Å². The van der Waals surface area contributed by atoms with Crippen LogP contribution < -0.4 is 5.73 Å². The van der Waals surface area contributed by atoms with Crippen molar-refractivity contribution >= 4 is 5.78 Å². The quantitative estimate of drug-likeness (QED) is 0.595. The van der Waals surface area contributed by atoms with E-state index in [2.05, 4.69) is 0 Å². The van der Waals surface area contributed by atoms with Gasteiger partial charge in [-0.3, -0.25) is 4.79 Å². The highest BCUT2D eigenvalue weighted by molar-refractivity contribution is 5.88. The van der Waals surface area contributed by atoms with Crippen LogP contribution in [0.2, 0.25) is 0 Å². The molecule has 0 aromatic heterocycles. The maximum atomic E-state index is 11.1. The molecule has 0 spiro atoms. The van der Waals surface area contributed by atoms with Crippen molar-refractivity contribution < 1.29 is 9.53 Å². The van der Waals surface area contributed by atoms with Gasteiger partial charge in [0.1, 0.15) is 5.60 Å². The van der Waals surface area contributed by atoms with Gasteiger partial charge in [0, 0.05) is 6.61 Å². The normalized spacial score (nSPS) is 32.6. The molecule has 0 bridgehead atoms. The SMILES string of the molecule is CC1(C(=O)CN)CCCO1. The number of carbonyl (C=O) groups excluding carboxylic acids is 1. The molecule has 1 saturated heterocycles. The molecule has 10 heavy (non-hydrogen) atoms. The molecule has 2 N–H and O–H groups in total.